The van der Waals surface area contributed by atoms with Crippen LogP contribution in [0.1, 0.15) is 13.8 Å². The lowest BCUT2D eigenvalue weighted by Gasteiger charge is -2.19. The Morgan fingerprint density at radius 3 is 1.83 bits per heavy atom. The molecule has 2 N–H and O–H groups in total. The van der Waals surface area contributed by atoms with Gasteiger partial charge in [0.1, 0.15) is 0 Å². The summed E-state index contributed by atoms with van der Waals surface area (Å²) in [5.41, 5.74) is 2.41. The minimum Gasteiger partial charge on any atom is -0.354 e. The molecule has 0 saturated carbocycles. The lowest BCUT2D eigenvalue weighted by molar-refractivity contribution is 0.161. The van der Waals surface area contributed by atoms with E-state index in [1.807, 2.05) is 11.8 Å². The summed E-state index contributed by atoms with van der Waals surface area (Å²) in [6.45, 7) is 3.63. The second kappa shape index (κ2) is 8.52. The van der Waals surface area contributed by atoms with E-state index < -0.39 is 7.82 Å². The Balaban J connectivity index is 0.000000188. The summed E-state index contributed by atoms with van der Waals surface area (Å²) in [5.74, 6) is 0. The predicted molar refractivity (Wildman–Crippen MR) is 93.4 cm³/mol. The van der Waals surface area contributed by atoms with Crippen molar-refractivity contribution in [3.05, 3.63) is 48.5 Å². The van der Waals surface area contributed by atoms with Crippen LogP contribution in [0.2, 0.25) is 0 Å². The van der Waals surface area contributed by atoms with Gasteiger partial charge in [0.05, 0.1) is 24.6 Å². The van der Waals surface area contributed by atoms with Crippen molar-refractivity contribution in [2.75, 3.05) is 18.5 Å². The number of hydrogen-bond donors (Lipinski definition) is 2. The summed E-state index contributed by atoms with van der Waals surface area (Å²) < 4.78 is 19.2. The molecule has 0 unspecified atom stereocenters. The number of phosphoric ester groups is 1. The average Bonchev–Trinajstić information content (AvgIpc) is 2.53. The Morgan fingerprint density at radius 2 is 1.39 bits per heavy atom. The van der Waals surface area contributed by atoms with Gasteiger partial charge in [0.25, 0.3) is 0 Å². The van der Waals surface area contributed by atoms with E-state index in [9.17, 15) is 4.57 Å². The maximum Gasteiger partial charge on any atom is 0.472 e. The topological polar surface area (TPSA) is 67.8 Å². The van der Waals surface area contributed by atoms with Crippen LogP contribution >= 0.6 is 19.6 Å². The van der Waals surface area contributed by atoms with Gasteiger partial charge in [0, 0.05) is 9.79 Å². The standard InChI is InChI=1S/C12H9NS.C4H11O4P/c1-3-7-11-9(5-1)13-10-6-2-4-8-12(10)14-11;1-3-7-9(5,6)8-4-2/h1-8,13H;3-4H2,1-2H3,(H,5,6). The van der Waals surface area contributed by atoms with Crippen LogP contribution in [0.25, 0.3) is 0 Å². The summed E-state index contributed by atoms with van der Waals surface area (Å²) in [5, 5.41) is 3.42. The van der Waals surface area contributed by atoms with E-state index in [4.69, 9.17) is 4.89 Å². The molecule has 5 nitrogen and oxygen atoms in total. The first-order chi connectivity index (χ1) is 11.1. The van der Waals surface area contributed by atoms with Gasteiger partial charge in [-0.25, -0.2) is 4.57 Å². The summed E-state index contributed by atoms with van der Waals surface area (Å²) in [6, 6.07) is 16.8. The van der Waals surface area contributed by atoms with Crippen LogP contribution in [0.3, 0.4) is 0 Å². The Labute approximate surface area is 140 Å². The summed E-state index contributed by atoms with van der Waals surface area (Å²) in [4.78, 5) is 11.2. The first-order valence-corrected chi connectivity index (χ1v) is 9.61. The smallest absolute Gasteiger partial charge is 0.354 e. The molecule has 0 fully saturated rings. The molecule has 2 aromatic carbocycles. The van der Waals surface area contributed by atoms with Gasteiger partial charge >= 0.3 is 7.82 Å². The molecule has 124 valence electrons. The lowest BCUT2D eigenvalue weighted by Crippen LogP contribution is -1.98. The number of phosphoric acid groups is 1. The molecule has 1 heterocycles. The number of benzene rings is 2. The third-order valence-corrected chi connectivity index (χ3v) is 5.17. The van der Waals surface area contributed by atoms with Gasteiger partial charge in [-0.05, 0) is 38.1 Å². The maximum atomic E-state index is 10.5. The van der Waals surface area contributed by atoms with Crippen LogP contribution in [-0.4, -0.2) is 18.1 Å². The molecule has 1 aliphatic rings. The average molecular weight is 353 g/mol. The summed E-state index contributed by atoms with van der Waals surface area (Å²) >= 11 is 1.82. The third-order valence-electron chi connectivity index (χ3n) is 2.85. The van der Waals surface area contributed by atoms with Crippen molar-refractivity contribution < 1.29 is 18.5 Å². The van der Waals surface area contributed by atoms with Crippen molar-refractivity contribution in [3.63, 3.8) is 0 Å². The van der Waals surface area contributed by atoms with E-state index in [0.29, 0.717) is 0 Å². The number of rotatable bonds is 4. The second-order valence-corrected chi connectivity index (χ2v) is 7.06. The van der Waals surface area contributed by atoms with Crippen molar-refractivity contribution in [1.29, 1.82) is 0 Å². The highest BCUT2D eigenvalue weighted by molar-refractivity contribution is 7.99. The largest absolute Gasteiger partial charge is 0.472 e. The Bertz CT molecular complexity index is 598. The molecular weight excluding hydrogens is 333 g/mol. The zero-order chi connectivity index (χ0) is 16.7. The molecule has 0 amide bonds. The zero-order valence-electron chi connectivity index (χ0n) is 13.1. The van der Waals surface area contributed by atoms with E-state index in [-0.39, 0.29) is 13.2 Å². The first kappa shape index (κ1) is 18.0. The van der Waals surface area contributed by atoms with E-state index in [1.165, 1.54) is 21.2 Å². The molecule has 0 atom stereocenters. The minimum absolute atomic E-state index is 0.188. The Morgan fingerprint density at radius 1 is 0.957 bits per heavy atom. The van der Waals surface area contributed by atoms with Crippen LogP contribution in [0.15, 0.2) is 58.3 Å². The lowest BCUT2D eigenvalue weighted by atomic mass is 10.2. The van der Waals surface area contributed by atoms with Crippen molar-refractivity contribution >= 4 is 31.0 Å². The van der Waals surface area contributed by atoms with Gasteiger partial charge < -0.3 is 10.2 Å². The molecule has 0 aliphatic carbocycles. The zero-order valence-corrected chi connectivity index (χ0v) is 14.8. The highest BCUT2D eigenvalue weighted by Crippen LogP contribution is 2.43. The summed E-state index contributed by atoms with van der Waals surface area (Å²) in [7, 11) is -3.69. The molecule has 0 bridgehead atoms. The van der Waals surface area contributed by atoms with Gasteiger partial charge in [-0.2, -0.15) is 0 Å². The molecule has 0 spiro atoms. The molecule has 3 rings (SSSR count). The number of hydrogen-bond acceptors (Lipinski definition) is 5. The summed E-state index contributed by atoms with van der Waals surface area (Å²) in [6.07, 6.45) is 0. The fourth-order valence-electron chi connectivity index (χ4n) is 1.94. The Hall–Kier alpha value is -1.30. The fourth-order valence-corrected chi connectivity index (χ4v) is 3.66. The normalized spacial score (nSPS) is 12.3. The van der Waals surface area contributed by atoms with Gasteiger partial charge in [0.2, 0.25) is 0 Å². The van der Waals surface area contributed by atoms with Crippen molar-refractivity contribution in [1.82, 2.24) is 0 Å². The molecule has 7 heteroatoms. The van der Waals surface area contributed by atoms with E-state index >= 15 is 0 Å². The highest BCUT2D eigenvalue weighted by atomic mass is 32.2. The number of nitrogens with one attached hydrogen (secondary N) is 1. The quantitative estimate of drug-likeness (QED) is 0.640. The van der Waals surface area contributed by atoms with Crippen molar-refractivity contribution in [3.8, 4) is 0 Å². The van der Waals surface area contributed by atoms with Crippen molar-refractivity contribution in [2.24, 2.45) is 0 Å². The molecule has 0 radical (unpaired) electrons. The molecule has 0 aromatic heterocycles. The van der Waals surface area contributed by atoms with Crippen LogP contribution in [0, 0.1) is 0 Å². The van der Waals surface area contributed by atoms with Crippen LogP contribution in [0.4, 0.5) is 11.4 Å². The molecule has 1 aliphatic heterocycles. The van der Waals surface area contributed by atoms with E-state index in [1.54, 1.807) is 13.8 Å². The van der Waals surface area contributed by atoms with E-state index in [2.05, 4.69) is 62.9 Å². The number of fused-ring (bicyclic) bond motifs is 2. The fraction of sp³-hybridized carbons (Fsp3) is 0.250. The number of para-hydroxylation sites is 2. The van der Waals surface area contributed by atoms with Crippen LogP contribution in [-0.2, 0) is 13.6 Å². The van der Waals surface area contributed by atoms with Gasteiger partial charge in [0.15, 0.2) is 0 Å². The van der Waals surface area contributed by atoms with Gasteiger partial charge in [-0.15, -0.1) is 0 Å². The molecule has 23 heavy (non-hydrogen) atoms. The first-order valence-electron chi connectivity index (χ1n) is 7.30. The number of anilines is 2. The molecule has 2 aromatic rings. The van der Waals surface area contributed by atoms with Gasteiger partial charge in [-0.1, -0.05) is 36.0 Å². The molecular formula is C16H20NO4PS. The van der Waals surface area contributed by atoms with Crippen molar-refractivity contribution in [2.45, 2.75) is 23.6 Å². The Kier molecular flexibility index (Phi) is 6.69. The van der Waals surface area contributed by atoms with Crippen LogP contribution < -0.4 is 5.32 Å². The second-order valence-electron chi connectivity index (χ2n) is 4.52. The monoisotopic (exact) mass is 353 g/mol. The highest BCUT2D eigenvalue weighted by Gasteiger charge is 2.17. The predicted octanol–water partition coefficient (Wildman–Crippen LogP) is 5.05. The van der Waals surface area contributed by atoms with Gasteiger partial charge in [-0.3, -0.25) is 9.05 Å². The molecule has 0 saturated heterocycles. The maximum absolute atomic E-state index is 10.5. The van der Waals surface area contributed by atoms with E-state index in [0.717, 1.165) is 0 Å². The third kappa shape index (κ3) is 5.37. The SMILES string of the molecule is CCOP(=O)(O)OCC.c1ccc2c(c1)Nc1ccccc1S2. The van der Waals surface area contributed by atoms with Crippen LogP contribution in [0.5, 0.6) is 0 Å². The minimum atomic E-state index is -3.69.